The van der Waals surface area contributed by atoms with Crippen LogP contribution in [0.4, 0.5) is 5.82 Å². The number of hydrogen-bond acceptors (Lipinski definition) is 6. The molecule has 9 heteroatoms. The third kappa shape index (κ3) is 4.55. The van der Waals surface area contributed by atoms with Crippen molar-refractivity contribution in [3.05, 3.63) is 89.0 Å². The van der Waals surface area contributed by atoms with Gasteiger partial charge < -0.3 is 23.9 Å². The van der Waals surface area contributed by atoms with Crippen molar-refractivity contribution in [3.8, 4) is 17.2 Å². The Balaban J connectivity index is 1.17. The molecular formula is C23H18ClN3O5. The van der Waals surface area contributed by atoms with Crippen LogP contribution in [0, 0.1) is 0 Å². The number of halogens is 1. The number of nitrogens with zero attached hydrogens (tertiary/aromatic N) is 2. The zero-order chi connectivity index (χ0) is 21.9. The number of ether oxygens (including phenoxy) is 3. The van der Waals surface area contributed by atoms with Gasteiger partial charge in [-0.1, -0.05) is 23.7 Å². The third-order valence-electron chi connectivity index (χ3n) is 4.73. The fourth-order valence-corrected chi connectivity index (χ4v) is 3.43. The number of nitrogens with one attached hydrogen (secondary N) is 1. The van der Waals surface area contributed by atoms with Crippen molar-refractivity contribution in [1.82, 2.24) is 9.78 Å². The van der Waals surface area contributed by atoms with Crippen LogP contribution in [0.25, 0.3) is 0 Å². The van der Waals surface area contributed by atoms with Crippen molar-refractivity contribution >= 4 is 23.3 Å². The van der Waals surface area contributed by atoms with Gasteiger partial charge in [0, 0.05) is 23.4 Å². The summed E-state index contributed by atoms with van der Waals surface area (Å²) in [6.45, 7) is 0.911. The molecule has 2 aromatic heterocycles. The van der Waals surface area contributed by atoms with Crippen molar-refractivity contribution in [3.63, 3.8) is 0 Å². The van der Waals surface area contributed by atoms with E-state index in [4.69, 9.17) is 30.2 Å². The predicted octanol–water partition coefficient (Wildman–Crippen LogP) is 4.74. The summed E-state index contributed by atoms with van der Waals surface area (Å²) in [7, 11) is 0. The van der Waals surface area contributed by atoms with Crippen LogP contribution in [0.1, 0.15) is 21.9 Å². The number of amides is 1. The number of carbonyl (C=O) groups is 1. The number of benzene rings is 2. The van der Waals surface area contributed by atoms with Crippen LogP contribution in [0.3, 0.4) is 0 Å². The lowest BCUT2D eigenvalue weighted by Gasteiger charge is -2.05. The third-order valence-corrected chi connectivity index (χ3v) is 4.96. The number of rotatable bonds is 7. The van der Waals surface area contributed by atoms with E-state index < -0.39 is 5.91 Å². The highest BCUT2D eigenvalue weighted by Gasteiger charge is 2.16. The first kappa shape index (κ1) is 20.0. The van der Waals surface area contributed by atoms with E-state index in [1.807, 2.05) is 24.3 Å². The summed E-state index contributed by atoms with van der Waals surface area (Å²) >= 11 is 6.02. The van der Waals surface area contributed by atoms with Crippen molar-refractivity contribution in [2.45, 2.75) is 13.2 Å². The maximum Gasteiger partial charge on any atom is 0.292 e. The molecule has 0 atom stereocenters. The largest absolute Gasteiger partial charge is 0.486 e. The molecule has 0 fully saturated rings. The van der Waals surface area contributed by atoms with Gasteiger partial charge in [-0.25, -0.2) is 0 Å². The second-order valence-electron chi connectivity index (χ2n) is 7.05. The monoisotopic (exact) mass is 451 g/mol. The van der Waals surface area contributed by atoms with Crippen LogP contribution >= 0.6 is 11.6 Å². The molecule has 0 spiro atoms. The molecule has 1 N–H and O–H groups in total. The molecule has 0 radical (unpaired) electrons. The number of fused-ring (bicyclic) bond motifs is 1. The van der Waals surface area contributed by atoms with Crippen molar-refractivity contribution in [2.75, 3.05) is 12.1 Å². The Labute approximate surface area is 188 Å². The van der Waals surface area contributed by atoms with E-state index in [1.54, 1.807) is 47.3 Å². The second-order valence-corrected chi connectivity index (χ2v) is 7.49. The average Bonchev–Trinajstić information content (AvgIpc) is 3.53. The van der Waals surface area contributed by atoms with Crippen LogP contribution in [-0.2, 0) is 13.2 Å². The van der Waals surface area contributed by atoms with Crippen molar-refractivity contribution < 1.29 is 23.4 Å². The van der Waals surface area contributed by atoms with Gasteiger partial charge >= 0.3 is 0 Å². The van der Waals surface area contributed by atoms with Gasteiger partial charge in [-0.2, -0.15) is 5.10 Å². The summed E-state index contributed by atoms with van der Waals surface area (Å²) in [5.74, 6) is 2.64. The molecule has 1 aliphatic heterocycles. The Morgan fingerprint density at radius 2 is 2.00 bits per heavy atom. The van der Waals surface area contributed by atoms with Crippen LogP contribution in [0.5, 0.6) is 17.2 Å². The van der Waals surface area contributed by atoms with Crippen LogP contribution in [0.15, 0.2) is 71.3 Å². The molecule has 5 rings (SSSR count). The van der Waals surface area contributed by atoms with Crippen LogP contribution in [-0.4, -0.2) is 22.5 Å². The molecule has 2 aromatic carbocycles. The normalized spacial score (nSPS) is 12.0. The molecule has 3 heterocycles. The summed E-state index contributed by atoms with van der Waals surface area (Å²) in [6.07, 6.45) is 1.78. The summed E-state index contributed by atoms with van der Waals surface area (Å²) in [4.78, 5) is 12.5. The summed E-state index contributed by atoms with van der Waals surface area (Å²) in [6, 6.07) is 17.9. The summed E-state index contributed by atoms with van der Waals surface area (Å²) in [5, 5.41) is 7.76. The predicted molar refractivity (Wildman–Crippen MR) is 116 cm³/mol. The zero-order valence-corrected chi connectivity index (χ0v) is 17.5. The molecule has 1 aliphatic rings. The Morgan fingerprint density at radius 1 is 1.09 bits per heavy atom. The topological polar surface area (TPSA) is 87.8 Å². The average molecular weight is 452 g/mol. The molecule has 1 amide bonds. The fourth-order valence-electron chi connectivity index (χ4n) is 3.22. The Kier molecular flexibility index (Phi) is 5.43. The minimum Gasteiger partial charge on any atom is -0.486 e. The molecule has 4 aromatic rings. The van der Waals surface area contributed by atoms with Gasteiger partial charge in [0.25, 0.3) is 5.91 Å². The fraction of sp³-hybridized carbons (Fsp3) is 0.130. The van der Waals surface area contributed by atoms with Crippen molar-refractivity contribution in [2.24, 2.45) is 0 Å². The smallest absolute Gasteiger partial charge is 0.292 e. The molecular weight excluding hydrogens is 434 g/mol. The maximum absolute atomic E-state index is 12.5. The van der Waals surface area contributed by atoms with Gasteiger partial charge in [0.15, 0.2) is 23.1 Å². The molecule has 0 bridgehead atoms. The van der Waals surface area contributed by atoms with E-state index in [9.17, 15) is 4.79 Å². The number of hydrogen-bond donors (Lipinski definition) is 1. The molecule has 0 unspecified atom stereocenters. The SMILES string of the molecule is O=C(Nc1ccn(Cc2cccc(Cl)c2)n1)c1ccc(COc2ccc3c(c2)OCO3)o1. The van der Waals surface area contributed by atoms with Crippen LogP contribution in [0.2, 0.25) is 5.02 Å². The van der Waals surface area contributed by atoms with Gasteiger partial charge in [0.2, 0.25) is 6.79 Å². The molecule has 8 nitrogen and oxygen atoms in total. The second kappa shape index (κ2) is 8.68. The van der Waals surface area contributed by atoms with Crippen LogP contribution < -0.4 is 19.5 Å². The van der Waals surface area contributed by atoms with E-state index in [0.717, 1.165) is 5.56 Å². The number of anilines is 1. The minimum atomic E-state index is -0.396. The zero-order valence-electron chi connectivity index (χ0n) is 16.8. The number of aromatic nitrogens is 2. The first-order valence-electron chi connectivity index (χ1n) is 9.83. The lowest BCUT2D eigenvalue weighted by molar-refractivity contribution is 0.0992. The lowest BCUT2D eigenvalue weighted by Crippen LogP contribution is -2.12. The van der Waals surface area contributed by atoms with Gasteiger partial charge in [0.05, 0.1) is 6.54 Å². The first-order valence-corrected chi connectivity index (χ1v) is 10.2. The first-order chi connectivity index (χ1) is 15.6. The molecule has 32 heavy (non-hydrogen) atoms. The summed E-state index contributed by atoms with van der Waals surface area (Å²) in [5.41, 5.74) is 1.01. The van der Waals surface area contributed by atoms with Gasteiger partial charge in [0.1, 0.15) is 18.1 Å². The van der Waals surface area contributed by atoms with E-state index in [0.29, 0.717) is 40.4 Å². The Hall–Kier alpha value is -3.91. The quantitative estimate of drug-likeness (QED) is 0.436. The standard InChI is InChI=1S/C23H18ClN3O5/c24-16-3-1-2-15(10-16)12-27-9-8-22(26-27)25-23(28)20-7-5-18(32-20)13-29-17-4-6-19-21(11-17)31-14-30-19/h1-11H,12-14H2,(H,25,26,28). The molecule has 0 saturated heterocycles. The highest BCUT2D eigenvalue weighted by molar-refractivity contribution is 6.30. The van der Waals surface area contributed by atoms with E-state index in [-0.39, 0.29) is 19.2 Å². The number of furan rings is 1. The highest BCUT2D eigenvalue weighted by Crippen LogP contribution is 2.35. The summed E-state index contributed by atoms with van der Waals surface area (Å²) < 4.78 is 23.6. The lowest BCUT2D eigenvalue weighted by atomic mass is 10.2. The molecule has 0 saturated carbocycles. The van der Waals surface area contributed by atoms with Crippen molar-refractivity contribution in [1.29, 1.82) is 0 Å². The van der Waals surface area contributed by atoms with Gasteiger partial charge in [-0.15, -0.1) is 0 Å². The minimum absolute atomic E-state index is 0.165. The highest BCUT2D eigenvalue weighted by atomic mass is 35.5. The van der Waals surface area contributed by atoms with Gasteiger partial charge in [-0.3, -0.25) is 9.48 Å². The maximum atomic E-state index is 12.5. The van der Waals surface area contributed by atoms with E-state index in [1.165, 1.54) is 0 Å². The van der Waals surface area contributed by atoms with Gasteiger partial charge in [-0.05, 0) is 42.0 Å². The molecule has 0 aliphatic carbocycles. The van der Waals surface area contributed by atoms with E-state index in [2.05, 4.69) is 10.4 Å². The Morgan fingerprint density at radius 3 is 2.91 bits per heavy atom. The van der Waals surface area contributed by atoms with E-state index >= 15 is 0 Å². The molecule has 162 valence electrons. The number of carbonyl (C=O) groups excluding carboxylic acids is 1. The Bertz CT molecular complexity index is 1270.